The second-order valence-corrected chi connectivity index (χ2v) is 3.56. The molecule has 2 nitrogen and oxygen atoms in total. The van der Waals surface area contributed by atoms with Crippen molar-refractivity contribution in [3.63, 3.8) is 0 Å². The van der Waals surface area contributed by atoms with Gasteiger partial charge in [-0.3, -0.25) is 4.79 Å². The lowest BCUT2D eigenvalue weighted by Gasteiger charge is -2.06. The molecular formula is C9H16O2. The van der Waals surface area contributed by atoms with Crippen molar-refractivity contribution in [2.24, 2.45) is 11.8 Å². The Hall–Kier alpha value is -0.530. The van der Waals surface area contributed by atoms with E-state index in [4.69, 9.17) is 0 Å². The van der Waals surface area contributed by atoms with Crippen LogP contribution in [0.3, 0.4) is 0 Å². The first-order valence-corrected chi connectivity index (χ1v) is 4.29. The first kappa shape index (κ1) is 8.57. The molecule has 1 aliphatic carbocycles. The molecule has 0 heterocycles. The number of carbonyl (C=O) groups excluding carboxylic acids is 1. The SMILES string of the molecule is COC(=O)C[C@@H]1CC[C@@H](C)C1. The molecule has 0 aromatic heterocycles. The predicted octanol–water partition coefficient (Wildman–Crippen LogP) is 1.99. The van der Waals surface area contributed by atoms with E-state index in [0.717, 1.165) is 5.92 Å². The molecule has 1 rings (SSSR count). The normalized spacial score (nSPS) is 30.4. The Bertz CT molecular complexity index is 142. The average molecular weight is 156 g/mol. The summed E-state index contributed by atoms with van der Waals surface area (Å²) in [5, 5.41) is 0. The van der Waals surface area contributed by atoms with E-state index in [9.17, 15) is 4.79 Å². The molecule has 0 N–H and O–H groups in total. The number of rotatable bonds is 2. The van der Waals surface area contributed by atoms with Gasteiger partial charge in [-0.2, -0.15) is 0 Å². The number of carbonyl (C=O) groups is 1. The number of hydrogen-bond donors (Lipinski definition) is 0. The van der Waals surface area contributed by atoms with E-state index in [0.29, 0.717) is 12.3 Å². The fourth-order valence-electron chi connectivity index (χ4n) is 1.83. The summed E-state index contributed by atoms with van der Waals surface area (Å²) >= 11 is 0. The van der Waals surface area contributed by atoms with E-state index < -0.39 is 0 Å². The molecule has 0 radical (unpaired) electrons. The van der Waals surface area contributed by atoms with Gasteiger partial charge in [0.1, 0.15) is 0 Å². The van der Waals surface area contributed by atoms with Crippen molar-refractivity contribution in [3.05, 3.63) is 0 Å². The van der Waals surface area contributed by atoms with Gasteiger partial charge in [0.2, 0.25) is 0 Å². The molecule has 1 saturated carbocycles. The van der Waals surface area contributed by atoms with Gasteiger partial charge >= 0.3 is 5.97 Å². The monoisotopic (exact) mass is 156 g/mol. The van der Waals surface area contributed by atoms with Crippen LogP contribution >= 0.6 is 0 Å². The Kier molecular flexibility index (Phi) is 2.92. The Balaban J connectivity index is 2.23. The fraction of sp³-hybridized carbons (Fsp3) is 0.889. The summed E-state index contributed by atoms with van der Waals surface area (Å²) < 4.78 is 4.61. The highest BCUT2D eigenvalue weighted by Crippen LogP contribution is 2.32. The molecule has 0 amide bonds. The third-order valence-corrected chi connectivity index (χ3v) is 2.49. The van der Waals surface area contributed by atoms with E-state index >= 15 is 0 Å². The van der Waals surface area contributed by atoms with Crippen LogP contribution in [0, 0.1) is 11.8 Å². The molecule has 2 atom stereocenters. The molecule has 0 bridgehead atoms. The summed E-state index contributed by atoms with van der Waals surface area (Å²) in [6.07, 6.45) is 4.31. The molecule has 11 heavy (non-hydrogen) atoms. The van der Waals surface area contributed by atoms with Crippen molar-refractivity contribution in [1.82, 2.24) is 0 Å². The second kappa shape index (κ2) is 3.74. The van der Waals surface area contributed by atoms with E-state index in [1.807, 2.05) is 0 Å². The van der Waals surface area contributed by atoms with Crippen LogP contribution in [0.2, 0.25) is 0 Å². The van der Waals surface area contributed by atoms with E-state index in [2.05, 4.69) is 11.7 Å². The van der Waals surface area contributed by atoms with Crippen LogP contribution in [0.5, 0.6) is 0 Å². The van der Waals surface area contributed by atoms with Crippen molar-refractivity contribution in [2.45, 2.75) is 32.6 Å². The van der Waals surface area contributed by atoms with Gasteiger partial charge in [-0.05, 0) is 24.7 Å². The van der Waals surface area contributed by atoms with Crippen LogP contribution in [0.4, 0.5) is 0 Å². The predicted molar refractivity (Wildman–Crippen MR) is 43.1 cm³/mol. The summed E-state index contributed by atoms with van der Waals surface area (Å²) in [5.41, 5.74) is 0. The molecule has 1 fully saturated rings. The first-order chi connectivity index (χ1) is 5.22. The standard InChI is InChI=1S/C9H16O2/c1-7-3-4-8(5-7)6-9(10)11-2/h7-8H,3-6H2,1-2H3/t7-,8-/m1/s1. The summed E-state index contributed by atoms with van der Waals surface area (Å²) in [5.74, 6) is 1.35. The van der Waals surface area contributed by atoms with Gasteiger partial charge in [-0.1, -0.05) is 13.3 Å². The third kappa shape index (κ3) is 2.52. The maximum absolute atomic E-state index is 10.9. The fourth-order valence-corrected chi connectivity index (χ4v) is 1.83. The summed E-state index contributed by atoms with van der Waals surface area (Å²) in [6.45, 7) is 2.25. The highest BCUT2D eigenvalue weighted by molar-refractivity contribution is 5.69. The number of methoxy groups -OCH3 is 1. The molecular weight excluding hydrogens is 140 g/mol. The molecule has 64 valence electrons. The molecule has 0 saturated heterocycles. The summed E-state index contributed by atoms with van der Waals surface area (Å²) in [4.78, 5) is 10.9. The minimum absolute atomic E-state index is 0.0518. The lowest BCUT2D eigenvalue weighted by molar-refractivity contribution is -0.141. The Morgan fingerprint density at radius 2 is 2.27 bits per heavy atom. The minimum atomic E-state index is -0.0518. The van der Waals surface area contributed by atoms with Crippen molar-refractivity contribution in [2.75, 3.05) is 7.11 Å². The lowest BCUT2D eigenvalue weighted by atomic mass is 10.0. The highest BCUT2D eigenvalue weighted by Gasteiger charge is 2.23. The molecule has 0 aliphatic heterocycles. The zero-order valence-corrected chi connectivity index (χ0v) is 7.30. The van der Waals surface area contributed by atoms with E-state index in [1.54, 1.807) is 0 Å². The Labute approximate surface area is 67.9 Å². The van der Waals surface area contributed by atoms with Gasteiger partial charge in [0.25, 0.3) is 0 Å². The van der Waals surface area contributed by atoms with Crippen molar-refractivity contribution < 1.29 is 9.53 Å². The number of hydrogen-bond acceptors (Lipinski definition) is 2. The summed E-state index contributed by atoms with van der Waals surface area (Å²) in [6, 6.07) is 0. The molecule has 0 aromatic carbocycles. The van der Waals surface area contributed by atoms with Crippen molar-refractivity contribution in [3.8, 4) is 0 Å². The molecule has 0 unspecified atom stereocenters. The van der Waals surface area contributed by atoms with Crippen LogP contribution in [-0.2, 0) is 9.53 Å². The van der Waals surface area contributed by atoms with Gasteiger partial charge in [0.15, 0.2) is 0 Å². The number of esters is 1. The van der Waals surface area contributed by atoms with Gasteiger partial charge in [0, 0.05) is 6.42 Å². The molecule has 1 aliphatic rings. The zero-order chi connectivity index (χ0) is 8.27. The zero-order valence-electron chi connectivity index (χ0n) is 7.30. The summed E-state index contributed by atoms with van der Waals surface area (Å²) in [7, 11) is 1.46. The molecule has 0 aromatic rings. The minimum Gasteiger partial charge on any atom is -0.469 e. The van der Waals surface area contributed by atoms with Gasteiger partial charge in [-0.15, -0.1) is 0 Å². The van der Waals surface area contributed by atoms with Crippen LogP contribution in [-0.4, -0.2) is 13.1 Å². The van der Waals surface area contributed by atoms with Crippen LogP contribution in [0.1, 0.15) is 32.6 Å². The van der Waals surface area contributed by atoms with Crippen LogP contribution < -0.4 is 0 Å². The Morgan fingerprint density at radius 1 is 1.55 bits per heavy atom. The highest BCUT2D eigenvalue weighted by atomic mass is 16.5. The molecule has 0 spiro atoms. The topological polar surface area (TPSA) is 26.3 Å². The van der Waals surface area contributed by atoms with Crippen molar-refractivity contribution in [1.29, 1.82) is 0 Å². The van der Waals surface area contributed by atoms with E-state index in [1.165, 1.54) is 26.4 Å². The molecule has 2 heteroatoms. The quantitative estimate of drug-likeness (QED) is 0.571. The maximum Gasteiger partial charge on any atom is 0.305 e. The lowest BCUT2D eigenvalue weighted by Crippen LogP contribution is -2.06. The van der Waals surface area contributed by atoms with Gasteiger partial charge < -0.3 is 4.74 Å². The first-order valence-electron chi connectivity index (χ1n) is 4.29. The van der Waals surface area contributed by atoms with E-state index in [-0.39, 0.29) is 5.97 Å². The maximum atomic E-state index is 10.9. The number of ether oxygens (including phenoxy) is 1. The van der Waals surface area contributed by atoms with Gasteiger partial charge in [-0.25, -0.2) is 0 Å². The van der Waals surface area contributed by atoms with Gasteiger partial charge in [0.05, 0.1) is 7.11 Å². The smallest absolute Gasteiger partial charge is 0.305 e. The van der Waals surface area contributed by atoms with Crippen LogP contribution in [0.25, 0.3) is 0 Å². The second-order valence-electron chi connectivity index (χ2n) is 3.56. The largest absolute Gasteiger partial charge is 0.469 e. The Morgan fingerprint density at radius 3 is 2.73 bits per heavy atom. The average Bonchev–Trinajstić information content (AvgIpc) is 2.35. The van der Waals surface area contributed by atoms with Crippen LogP contribution in [0.15, 0.2) is 0 Å². The van der Waals surface area contributed by atoms with Crippen molar-refractivity contribution >= 4 is 5.97 Å². The third-order valence-electron chi connectivity index (χ3n) is 2.49.